The zero-order chi connectivity index (χ0) is 26.6. The molecule has 2 N–H and O–H groups in total. The average molecular weight is 518 g/mol. The molecular formula is C23H23N3O9S. The lowest BCUT2D eigenvalue weighted by molar-refractivity contribution is -0.384. The Bertz CT molecular complexity index is 1210. The number of benzene rings is 2. The molecule has 190 valence electrons. The van der Waals surface area contributed by atoms with Gasteiger partial charge in [-0.3, -0.25) is 19.7 Å². The summed E-state index contributed by atoms with van der Waals surface area (Å²) in [6.45, 7) is 6.02. The molecule has 2 bridgehead atoms. The van der Waals surface area contributed by atoms with Crippen LogP contribution in [-0.4, -0.2) is 53.8 Å². The molecule has 13 heteroatoms. The fourth-order valence-electron chi connectivity index (χ4n) is 3.50. The van der Waals surface area contributed by atoms with Crippen LogP contribution < -0.4 is 10.1 Å². The van der Waals surface area contributed by atoms with Crippen molar-refractivity contribution in [3.8, 4) is 11.5 Å². The van der Waals surface area contributed by atoms with Crippen LogP contribution in [0.15, 0.2) is 60.7 Å². The maximum absolute atomic E-state index is 12.6. The van der Waals surface area contributed by atoms with Crippen LogP contribution in [0, 0.1) is 10.1 Å². The Kier molecular flexibility index (Phi) is 8.17. The maximum Gasteiger partial charge on any atom is 0.333 e. The highest BCUT2D eigenvalue weighted by atomic mass is 32.2. The number of nitro benzene ring substituents is 1. The van der Waals surface area contributed by atoms with E-state index in [9.17, 15) is 33.3 Å². The SMILES string of the molecule is C=C(C)C(C(=O)OCc1ccc([N+](=O)[O-])cc1)N1C(=O)C(NC(C)=O)C1S(=O)O.c1cc2cc(c1)O2. The first-order valence-corrected chi connectivity index (χ1v) is 11.7. The predicted octanol–water partition coefficient (Wildman–Crippen LogP) is 2.27. The smallest absolute Gasteiger partial charge is 0.333 e. The zero-order valence-corrected chi connectivity index (χ0v) is 20.1. The van der Waals surface area contributed by atoms with Gasteiger partial charge in [0.05, 0.1) is 4.92 Å². The maximum atomic E-state index is 12.6. The number of nitrogens with zero attached hydrogens (tertiary/aromatic N) is 2. The minimum Gasteiger partial charge on any atom is -0.459 e. The molecule has 1 saturated heterocycles. The molecule has 4 atom stereocenters. The average Bonchev–Trinajstić information content (AvgIpc) is 2.81. The third-order valence-corrected chi connectivity index (χ3v) is 6.10. The van der Waals surface area contributed by atoms with E-state index >= 15 is 0 Å². The van der Waals surface area contributed by atoms with Gasteiger partial charge in [0.1, 0.15) is 24.1 Å². The highest BCUT2D eigenvalue weighted by Crippen LogP contribution is 2.33. The lowest BCUT2D eigenvalue weighted by Crippen LogP contribution is -2.75. The van der Waals surface area contributed by atoms with Gasteiger partial charge in [0.25, 0.3) is 11.6 Å². The summed E-state index contributed by atoms with van der Waals surface area (Å²) in [5.74, 6) is -0.199. The number of fused-ring (bicyclic) bond motifs is 2. The van der Waals surface area contributed by atoms with Crippen LogP contribution in [0.3, 0.4) is 0 Å². The third-order valence-electron chi connectivity index (χ3n) is 5.18. The Morgan fingerprint density at radius 1 is 1.25 bits per heavy atom. The fourth-order valence-corrected chi connectivity index (χ4v) is 4.34. The third kappa shape index (κ3) is 5.93. The first-order chi connectivity index (χ1) is 17.0. The number of carbonyl (C=O) groups excluding carboxylic acids is 3. The van der Waals surface area contributed by atoms with Crippen molar-refractivity contribution in [3.63, 3.8) is 0 Å². The highest BCUT2D eigenvalue weighted by Gasteiger charge is 2.56. The number of rotatable bonds is 8. The monoisotopic (exact) mass is 517 g/mol. The number of ether oxygens (including phenoxy) is 2. The molecule has 3 aliphatic heterocycles. The largest absolute Gasteiger partial charge is 0.459 e. The van der Waals surface area contributed by atoms with Crippen molar-refractivity contribution in [2.24, 2.45) is 0 Å². The summed E-state index contributed by atoms with van der Waals surface area (Å²) >= 11 is -2.54. The number of nitro groups is 1. The standard InChI is InChI=1S/C17H19N3O8S.C6H4O/c1-9(2)14(19-15(22)13(18-10(3)21)16(19)29(26)27)17(23)28-8-11-4-6-12(7-5-11)20(24)25;1-2-5-4-6(3-1)7-5/h4-7,13-14,16H,1,8H2,2-3H3,(H,18,21)(H,26,27);1-4H. The molecule has 0 aliphatic carbocycles. The number of likely N-dealkylation sites (tertiary alicyclic amines) is 1. The molecule has 36 heavy (non-hydrogen) atoms. The molecule has 2 aromatic carbocycles. The Labute approximate surface area is 208 Å². The van der Waals surface area contributed by atoms with Gasteiger partial charge < -0.3 is 24.2 Å². The summed E-state index contributed by atoms with van der Waals surface area (Å²) in [4.78, 5) is 47.1. The van der Waals surface area contributed by atoms with Crippen LogP contribution in [0.2, 0.25) is 0 Å². The first-order valence-electron chi connectivity index (χ1n) is 10.5. The van der Waals surface area contributed by atoms with Crippen molar-refractivity contribution in [2.75, 3.05) is 0 Å². The second kappa shape index (κ2) is 11.1. The van der Waals surface area contributed by atoms with Crippen LogP contribution >= 0.6 is 0 Å². The summed E-state index contributed by atoms with van der Waals surface area (Å²) in [5.41, 5.74) is 0.546. The van der Waals surface area contributed by atoms with E-state index in [4.69, 9.17) is 9.47 Å². The van der Waals surface area contributed by atoms with Crippen molar-refractivity contribution in [1.29, 1.82) is 0 Å². The minimum atomic E-state index is -2.54. The van der Waals surface area contributed by atoms with Crippen LogP contribution in [0.4, 0.5) is 5.69 Å². The van der Waals surface area contributed by atoms with E-state index in [2.05, 4.69) is 11.9 Å². The van der Waals surface area contributed by atoms with Gasteiger partial charge in [-0.05, 0) is 42.3 Å². The molecule has 3 aliphatic rings. The second-order valence-electron chi connectivity index (χ2n) is 7.95. The van der Waals surface area contributed by atoms with Gasteiger partial charge >= 0.3 is 5.97 Å². The van der Waals surface area contributed by atoms with E-state index in [1.807, 2.05) is 24.3 Å². The Morgan fingerprint density at radius 2 is 1.83 bits per heavy atom. The summed E-state index contributed by atoms with van der Waals surface area (Å²) < 4.78 is 31.4. The van der Waals surface area contributed by atoms with Crippen molar-refractivity contribution in [1.82, 2.24) is 10.2 Å². The Hall–Kier alpha value is -4.10. The summed E-state index contributed by atoms with van der Waals surface area (Å²) in [5, 5.41) is 11.6. The molecule has 12 nitrogen and oxygen atoms in total. The van der Waals surface area contributed by atoms with Gasteiger partial charge in [-0.15, -0.1) is 0 Å². The van der Waals surface area contributed by atoms with Gasteiger partial charge in [-0.25, -0.2) is 9.00 Å². The number of amides is 2. The predicted molar refractivity (Wildman–Crippen MR) is 127 cm³/mol. The van der Waals surface area contributed by atoms with Crippen LogP contribution in [-0.2, 0) is 36.8 Å². The molecule has 3 heterocycles. The molecule has 4 unspecified atom stereocenters. The normalized spacial score (nSPS) is 18.6. The van der Waals surface area contributed by atoms with E-state index in [-0.39, 0.29) is 17.9 Å². The fraction of sp³-hybridized carbons (Fsp3) is 0.261. The molecule has 1 fully saturated rings. The van der Waals surface area contributed by atoms with E-state index in [1.54, 1.807) is 0 Å². The lowest BCUT2D eigenvalue weighted by atomic mass is 9.99. The van der Waals surface area contributed by atoms with Crippen molar-refractivity contribution < 1.29 is 37.5 Å². The first kappa shape index (κ1) is 26.5. The van der Waals surface area contributed by atoms with Crippen molar-refractivity contribution in [2.45, 2.75) is 37.9 Å². The molecule has 0 radical (unpaired) electrons. The van der Waals surface area contributed by atoms with Gasteiger partial charge in [-0.1, -0.05) is 12.6 Å². The Balaban J connectivity index is 0.000000433. The van der Waals surface area contributed by atoms with Crippen LogP contribution in [0.5, 0.6) is 11.5 Å². The number of nitrogens with one attached hydrogen (secondary N) is 1. The highest BCUT2D eigenvalue weighted by molar-refractivity contribution is 7.80. The van der Waals surface area contributed by atoms with E-state index in [0.717, 1.165) is 23.3 Å². The molecule has 0 spiro atoms. The number of non-ortho nitro benzene ring substituents is 1. The van der Waals surface area contributed by atoms with Gasteiger partial charge in [0, 0.05) is 25.1 Å². The number of hydrogen-bond donors (Lipinski definition) is 2. The van der Waals surface area contributed by atoms with Crippen LogP contribution in [0.1, 0.15) is 19.4 Å². The number of β-lactam (4-membered cyclic amide) rings is 1. The second-order valence-corrected chi connectivity index (χ2v) is 8.98. The summed E-state index contributed by atoms with van der Waals surface area (Å²) in [7, 11) is 0. The molecule has 5 rings (SSSR count). The van der Waals surface area contributed by atoms with Crippen LogP contribution in [0.25, 0.3) is 0 Å². The van der Waals surface area contributed by atoms with E-state index < -0.39 is 51.2 Å². The number of carbonyl (C=O) groups is 3. The molecule has 2 aromatic rings. The topological polar surface area (TPSA) is 165 Å². The molecular weight excluding hydrogens is 494 g/mol. The van der Waals surface area contributed by atoms with Gasteiger partial charge in [0.15, 0.2) is 22.5 Å². The number of hydrogen-bond acceptors (Lipinski definition) is 8. The van der Waals surface area contributed by atoms with E-state index in [1.165, 1.54) is 31.2 Å². The molecule has 0 aromatic heterocycles. The summed E-state index contributed by atoms with van der Waals surface area (Å²) in [6, 6.07) is 10.6. The number of esters is 1. The lowest BCUT2D eigenvalue weighted by Gasteiger charge is -2.47. The Morgan fingerprint density at radius 3 is 2.22 bits per heavy atom. The zero-order valence-electron chi connectivity index (χ0n) is 19.3. The minimum absolute atomic E-state index is 0.122. The summed E-state index contributed by atoms with van der Waals surface area (Å²) in [6.07, 6.45) is 0. The van der Waals surface area contributed by atoms with Crippen molar-refractivity contribution in [3.05, 3.63) is 76.4 Å². The molecule has 0 saturated carbocycles. The van der Waals surface area contributed by atoms with E-state index in [0.29, 0.717) is 5.56 Å². The van der Waals surface area contributed by atoms with Gasteiger partial charge in [0.2, 0.25) is 5.91 Å². The molecule has 2 amide bonds. The van der Waals surface area contributed by atoms with Crippen molar-refractivity contribution >= 4 is 34.6 Å². The quantitative estimate of drug-likeness (QED) is 0.114. The van der Waals surface area contributed by atoms with Gasteiger partial charge in [-0.2, -0.15) is 0 Å².